The van der Waals surface area contributed by atoms with Crippen molar-refractivity contribution in [2.75, 3.05) is 13.1 Å². The number of piperidine rings is 1. The molecule has 0 unspecified atom stereocenters. The third-order valence-electron chi connectivity index (χ3n) is 4.74. The summed E-state index contributed by atoms with van der Waals surface area (Å²) in [6.07, 6.45) is 2.50. The van der Waals surface area contributed by atoms with Crippen molar-refractivity contribution in [3.05, 3.63) is 45.9 Å². The summed E-state index contributed by atoms with van der Waals surface area (Å²) in [7, 11) is -3.94. The van der Waals surface area contributed by atoms with Gasteiger partial charge in [-0.25, -0.2) is 22.2 Å². The fourth-order valence-corrected chi connectivity index (χ4v) is 5.49. The molecule has 29 heavy (non-hydrogen) atoms. The van der Waals surface area contributed by atoms with Gasteiger partial charge in [-0.1, -0.05) is 6.92 Å². The average Bonchev–Trinajstić information content (AvgIpc) is 3.16. The lowest BCUT2D eigenvalue weighted by Crippen LogP contribution is -2.40. The first kappa shape index (κ1) is 21.8. The monoisotopic (exact) mass is 444 g/mol. The maximum absolute atomic E-state index is 13.4. The molecule has 0 amide bonds. The highest BCUT2D eigenvalue weighted by Crippen LogP contribution is 2.26. The summed E-state index contributed by atoms with van der Waals surface area (Å²) in [5.74, 6) is -3.10. The second-order valence-electron chi connectivity index (χ2n) is 6.84. The first-order valence-corrected chi connectivity index (χ1v) is 11.7. The van der Waals surface area contributed by atoms with E-state index in [4.69, 9.17) is 4.74 Å². The van der Waals surface area contributed by atoms with Crippen LogP contribution in [0.15, 0.2) is 28.5 Å². The second-order valence-corrected chi connectivity index (χ2v) is 9.73. The molecule has 1 saturated heterocycles. The Hall–Kier alpha value is -1.91. The number of hydrogen-bond acceptors (Lipinski definition) is 6. The third kappa shape index (κ3) is 5.18. The normalized spacial score (nSPS) is 16.1. The summed E-state index contributed by atoms with van der Waals surface area (Å²) in [5.41, 5.74) is 0.713. The van der Waals surface area contributed by atoms with Gasteiger partial charge >= 0.3 is 5.97 Å². The lowest BCUT2D eigenvalue weighted by molar-refractivity contribution is -0.151. The van der Waals surface area contributed by atoms with Gasteiger partial charge in [-0.15, -0.1) is 11.3 Å². The van der Waals surface area contributed by atoms with Gasteiger partial charge in [0.2, 0.25) is 10.0 Å². The van der Waals surface area contributed by atoms with Gasteiger partial charge in [0.15, 0.2) is 11.6 Å². The van der Waals surface area contributed by atoms with Crippen LogP contribution in [-0.4, -0.2) is 36.8 Å². The SMILES string of the molecule is CCCc1nc(COC(=O)C2CCN(S(=O)(=O)c3ccc(F)c(F)c3)CC2)cs1. The zero-order valence-electron chi connectivity index (χ0n) is 15.9. The molecule has 6 nitrogen and oxygen atoms in total. The second kappa shape index (κ2) is 9.27. The van der Waals surface area contributed by atoms with Crippen molar-refractivity contribution in [2.45, 2.75) is 44.1 Å². The summed E-state index contributed by atoms with van der Waals surface area (Å²) in [4.78, 5) is 16.4. The quantitative estimate of drug-likeness (QED) is 0.611. The van der Waals surface area contributed by atoms with E-state index >= 15 is 0 Å². The first-order chi connectivity index (χ1) is 13.8. The molecule has 0 N–H and O–H groups in total. The number of halogens is 2. The fourth-order valence-electron chi connectivity index (χ4n) is 3.13. The molecular weight excluding hydrogens is 422 g/mol. The Morgan fingerprint density at radius 3 is 2.66 bits per heavy atom. The van der Waals surface area contributed by atoms with E-state index < -0.39 is 27.6 Å². The van der Waals surface area contributed by atoms with E-state index in [1.807, 2.05) is 5.38 Å². The largest absolute Gasteiger partial charge is 0.459 e. The predicted molar refractivity (Wildman–Crippen MR) is 104 cm³/mol. The summed E-state index contributed by atoms with van der Waals surface area (Å²) < 4.78 is 58.2. The lowest BCUT2D eigenvalue weighted by atomic mass is 9.98. The highest BCUT2D eigenvalue weighted by atomic mass is 32.2. The molecule has 0 bridgehead atoms. The number of nitrogens with zero attached hydrogens (tertiary/aromatic N) is 2. The number of rotatable bonds is 7. The lowest BCUT2D eigenvalue weighted by Gasteiger charge is -2.30. The van der Waals surface area contributed by atoms with Crippen molar-refractivity contribution in [3.8, 4) is 0 Å². The summed E-state index contributed by atoms with van der Waals surface area (Å²) in [5, 5.41) is 2.88. The number of aromatic nitrogens is 1. The standard InChI is InChI=1S/C19H22F2N2O4S2/c1-2-3-18-22-14(12-28-18)11-27-19(24)13-6-8-23(9-7-13)29(25,26)15-4-5-16(20)17(21)10-15/h4-5,10,12-13H,2-3,6-9,11H2,1H3. The summed E-state index contributed by atoms with van der Waals surface area (Å²) in [6, 6.07) is 2.50. The highest BCUT2D eigenvalue weighted by Gasteiger charge is 2.33. The maximum Gasteiger partial charge on any atom is 0.309 e. The van der Waals surface area contributed by atoms with Crippen molar-refractivity contribution in [2.24, 2.45) is 5.92 Å². The first-order valence-electron chi connectivity index (χ1n) is 9.36. The van der Waals surface area contributed by atoms with Crippen LogP contribution in [0.25, 0.3) is 0 Å². The Morgan fingerprint density at radius 2 is 2.00 bits per heavy atom. The maximum atomic E-state index is 13.4. The molecule has 3 rings (SSSR count). The molecule has 0 atom stereocenters. The number of carbonyl (C=O) groups is 1. The molecule has 1 aromatic heterocycles. The van der Waals surface area contributed by atoms with Crippen LogP contribution in [0.4, 0.5) is 8.78 Å². The van der Waals surface area contributed by atoms with Crippen LogP contribution in [0.1, 0.15) is 36.9 Å². The topological polar surface area (TPSA) is 76.6 Å². The zero-order chi connectivity index (χ0) is 21.0. The Bertz CT molecular complexity index is 970. The molecule has 1 fully saturated rings. The van der Waals surface area contributed by atoms with Crippen LogP contribution in [0.2, 0.25) is 0 Å². The Labute approximate surface area is 172 Å². The summed E-state index contributed by atoms with van der Waals surface area (Å²) in [6.45, 7) is 2.39. The minimum absolute atomic E-state index is 0.104. The Balaban J connectivity index is 1.53. The van der Waals surface area contributed by atoms with Crippen LogP contribution in [-0.2, 0) is 32.6 Å². The van der Waals surface area contributed by atoms with Gasteiger partial charge in [-0.2, -0.15) is 4.31 Å². The molecule has 1 aromatic carbocycles. The molecule has 0 aliphatic carbocycles. The number of sulfonamides is 1. The van der Waals surface area contributed by atoms with Gasteiger partial charge in [0.05, 0.1) is 21.5 Å². The molecule has 2 heterocycles. The number of esters is 1. The number of benzene rings is 1. The molecule has 0 saturated carbocycles. The zero-order valence-corrected chi connectivity index (χ0v) is 17.6. The summed E-state index contributed by atoms with van der Waals surface area (Å²) >= 11 is 1.54. The van der Waals surface area contributed by atoms with Gasteiger partial charge in [-0.05, 0) is 43.9 Å². The molecule has 1 aliphatic heterocycles. The number of ether oxygens (including phenoxy) is 1. The number of hydrogen-bond donors (Lipinski definition) is 0. The third-order valence-corrected chi connectivity index (χ3v) is 7.59. The van der Waals surface area contributed by atoms with E-state index in [-0.39, 0.29) is 30.6 Å². The van der Waals surface area contributed by atoms with Gasteiger partial charge in [-0.3, -0.25) is 4.79 Å². The van der Waals surface area contributed by atoms with Crippen molar-refractivity contribution >= 4 is 27.3 Å². The van der Waals surface area contributed by atoms with Crippen LogP contribution in [0.3, 0.4) is 0 Å². The number of carbonyl (C=O) groups excluding carboxylic acids is 1. The Morgan fingerprint density at radius 1 is 1.28 bits per heavy atom. The van der Waals surface area contributed by atoms with E-state index in [0.717, 1.165) is 30.0 Å². The van der Waals surface area contributed by atoms with Crippen LogP contribution < -0.4 is 0 Å². The van der Waals surface area contributed by atoms with Gasteiger partial charge < -0.3 is 4.74 Å². The molecule has 1 aliphatic rings. The van der Waals surface area contributed by atoms with E-state index in [9.17, 15) is 22.0 Å². The smallest absolute Gasteiger partial charge is 0.309 e. The van der Waals surface area contributed by atoms with Crippen LogP contribution >= 0.6 is 11.3 Å². The number of aryl methyl sites for hydroxylation is 1. The van der Waals surface area contributed by atoms with E-state index in [1.54, 1.807) is 0 Å². The molecule has 0 radical (unpaired) electrons. The number of thiazole rings is 1. The van der Waals surface area contributed by atoms with Crippen molar-refractivity contribution < 1.29 is 26.7 Å². The van der Waals surface area contributed by atoms with Crippen molar-refractivity contribution in [1.82, 2.24) is 9.29 Å². The molecule has 2 aromatic rings. The average molecular weight is 445 g/mol. The predicted octanol–water partition coefficient (Wildman–Crippen LogP) is 3.52. The van der Waals surface area contributed by atoms with Crippen LogP contribution in [0.5, 0.6) is 0 Å². The molecule has 0 spiro atoms. The van der Waals surface area contributed by atoms with Gasteiger partial charge in [0.25, 0.3) is 0 Å². The molecular formula is C19H22F2N2O4S2. The van der Waals surface area contributed by atoms with Crippen LogP contribution in [0, 0.1) is 17.6 Å². The molecule has 10 heteroatoms. The van der Waals surface area contributed by atoms with Crippen molar-refractivity contribution in [3.63, 3.8) is 0 Å². The molecule has 158 valence electrons. The Kier molecular flexibility index (Phi) is 6.97. The van der Waals surface area contributed by atoms with Gasteiger partial charge in [0, 0.05) is 18.5 Å². The minimum Gasteiger partial charge on any atom is -0.459 e. The van der Waals surface area contributed by atoms with Gasteiger partial charge in [0.1, 0.15) is 6.61 Å². The highest BCUT2D eigenvalue weighted by molar-refractivity contribution is 7.89. The fraction of sp³-hybridized carbons (Fsp3) is 0.474. The van der Waals surface area contributed by atoms with E-state index in [1.165, 1.54) is 15.6 Å². The van der Waals surface area contributed by atoms with E-state index in [2.05, 4.69) is 11.9 Å². The van der Waals surface area contributed by atoms with Crippen molar-refractivity contribution in [1.29, 1.82) is 0 Å². The minimum atomic E-state index is -3.94. The van der Waals surface area contributed by atoms with E-state index in [0.29, 0.717) is 24.6 Å².